The molecule has 0 unspecified atom stereocenters. The summed E-state index contributed by atoms with van der Waals surface area (Å²) >= 11 is 8.43. The number of hydrogen-bond donors (Lipinski definition) is 1. The summed E-state index contributed by atoms with van der Waals surface area (Å²) in [6.45, 7) is 6.11. The van der Waals surface area contributed by atoms with E-state index in [1.165, 1.54) is 24.2 Å². The highest BCUT2D eigenvalue weighted by Crippen LogP contribution is 2.37. The van der Waals surface area contributed by atoms with Gasteiger partial charge >= 0.3 is 0 Å². The Bertz CT molecular complexity index is 776. The average Bonchev–Trinajstić information content (AvgIpc) is 2.55. The molecular formula is C17H17BrN2O4S. The van der Waals surface area contributed by atoms with E-state index in [2.05, 4.69) is 27.8 Å². The van der Waals surface area contributed by atoms with Crippen LogP contribution in [0.3, 0.4) is 0 Å². The van der Waals surface area contributed by atoms with Gasteiger partial charge in [0.1, 0.15) is 5.57 Å². The quantitative estimate of drug-likeness (QED) is 0.329. The number of carbonyl (C=O) groups excluding carboxylic acids is 2. The Morgan fingerprint density at radius 1 is 1.40 bits per heavy atom. The summed E-state index contributed by atoms with van der Waals surface area (Å²) < 4.78 is 11.5. The third-order valence-electron chi connectivity index (χ3n) is 3.34. The van der Waals surface area contributed by atoms with Crippen LogP contribution in [0, 0.1) is 0 Å². The van der Waals surface area contributed by atoms with Crippen molar-refractivity contribution in [1.29, 1.82) is 0 Å². The van der Waals surface area contributed by atoms with Gasteiger partial charge in [0.05, 0.1) is 18.2 Å². The van der Waals surface area contributed by atoms with Crippen molar-refractivity contribution in [2.75, 3.05) is 20.3 Å². The van der Waals surface area contributed by atoms with Crippen LogP contribution in [0.4, 0.5) is 0 Å². The summed E-state index contributed by atoms with van der Waals surface area (Å²) in [4.78, 5) is 26.0. The summed E-state index contributed by atoms with van der Waals surface area (Å²) in [6.07, 6.45) is 3.03. The normalized spacial score (nSPS) is 16.0. The molecule has 0 spiro atoms. The third kappa shape index (κ3) is 4.08. The lowest BCUT2D eigenvalue weighted by Crippen LogP contribution is -2.53. The minimum atomic E-state index is -0.541. The molecule has 2 amide bonds. The molecular weight excluding hydrogens is 408 g/mol. The summed E-state index contributed by atoms with van der Waals surface area (Å²) in [6, 6.07) is 3.44. The van der Waals surface area contributed by atoms with Crippen molar-refractivity contribution in [3.05, 3.63) is 40.4 Å². The molecule has 0 aromatic heterocycles. The molecule has 1 aromatic rings. The lowest BCUT2D eigenvalue weighted by atomic mass is 10.1. The maximum absolute atomic E-state index is 12.6. The van der Waals surface area contributed by atoms with Crippen LogP contribution < -0.4 is 14.8 Å². The van der Waals surface area contributed by atoms with E-state index in [0.29, 0.717) is 28.1 Å². The molecule has 0 aliphatic carbocycles. The average molecular weight is 425 g/mol. The minimum Gasteiger partial charge on any atom is -0.492 e. The molecule has 132 valence electrons. The fourth-order valence-corrected chi connectivity index (χ4v) is 3.16. The number of thiocarbonyl (C=S) groups is 1. The van der Waals surface area contributed by atoms with Crippen LogP contribution in [0.5, 0.6) is 11.5 Å². The third-order valence-corrected chi connectivity index (χ3v) is 4.26. The number of methoxy groups -OCH3 is 1. The minimum absolute atomic E-state index is 0.0186. The molecule has 25 heavy (non-hydrogen) atoms. The van der Waals surface area contributed by atoms with E-state index in [1.807, 2.05) is 6.92 Å². The van der Waals surface area contributed by atoms with Crippen molar-refractivity contribution in [3.63, 3.8) is 0 Å². The van der Waals surface area contributed by atoms with Crippen molar-refractivity contribution in [1.82, 2.24) is 10.2 Å². The van der Waals surface area contributed by atoms with Crippen LogP contribution in [-0.2, 0) is 9.59 Å². The van der Waals surface area contributed by atoms with Crippen LogP contribution >= 0.6 is 28.1 Å². The van der Waals surface area contributed by atoms with Crippen LogP contribution in [-0.4, -0.2) is 42.1 Å². The van der Waals surface area contributed by atoms with E-state index < -0.39 is 11.8 Å². The predicted molar refractivity (Wildman–Crippen MR) is 102 cm³/mol. The van der Waals surface area contributed by atoms with E-state index >= 15 is 0 Å². The van der Waals surface area contributed by atoms with E-state index in [0.717, 1.165) is 0 Å². The molecule has 0 atom stereocenters. The van der Waals surface area contributed by atoms with Gasteiger partial charge in [0.25, 0.3) is 11.8 Å². The van der Waals surface area contributed by atoms with Crippen molar-refractivity contribution >= 4 is 51.2 Å². The molecule has 0 bridgehead atoms. The molecule has 1 aliphatic rings. The first-order valence-corrected chi connectivity index (χ1v) is 8.63. The Kier molecular flexibility index (Phi) is 6.33. The van der Waals surface area contributed by atoms with E-state index in [-0.39, 0.29) is 17.2 Å². The van der Waals surface area contributed by atoms with Crippen LogP contribution in [0.15, 0.2) is 34.8 Å². The zero-order valence-corrected chi connectivity index (χ0v) is 16.2. The maximum atomic E-state index is 12.6. The molecule has 8 heteroatoms. The van der Waals surface area contributed by atoms with Gasteiger partial charge in [-0.15, -0.1) is 6.58 Å². The molecule has 1 aliphatic heterocycles. The first kappa shape index (κ1) is 19.1. The SMILES string of the molecule is C=CCN1C(=O)/C(=C/c2cc(Br)c(OC)c(OCC)c2)C(=O)NC1=S. The van der Waals surface area contributed by atoms with E-state index in [1.54, 1.807) is 12.1 Å². The second-order valence-corrected chi connectivity index (χ2v) is 6.23. The second kappa shape index (κ2) is 8.26. The Labute approximate surface area is 159 Å². The summed E-state index contributed by atoms with van der Waals surface area (Å²) in [5.74, 6) is 0.0324. The summed E-state index contributed by atoms with van der Waals surface area (Å²) in [5.41, 5.74) is 0.593. The number of hydrogen-bond acceptors (Lipinski definition) is 5. The topological polar surface area (TPSA) is 67.9 Å². The molecule has 1 saturated heterocycles. The number of ether oxygens (including phenoxy) is 2. The highest BCUT2D eigenvalue weighted by atomic mass is 79.9. The molecule has 1 fully saturated rings. The highest BCUT2D eigenvalue weighted by molar-refractivity contribution is 9.10. The molecule has 6 nitrogen and oxygen atoms in total. The Hall–Kier alpha value is -2.19. The molecule has 1 aromatic carbocycles. The largest absolute Gasteiger partial charge is 0.492 e. The van der Waals surface area contributed by atoms with Crippen LogP contribution in [0.1, 0.15) is 12.5 Å². The number of benzene rings is 1. The number of rotatable bonds is 6. The number of halogens is 1. The fourth-order valence-electron chi connectivity index (χ4n) is 2.29. The second-order valence-electron chi connectivity index (χ2n) is 4.99. The van der Waals surface area contributed by atoms with E-state index in [4.69, 9.17) is 21.7 Å². The molecule has 1 N–H and O–H groups in total. The zero-order valence-electron chi connectivity index (χ0n) is 13.8. The zero-order chi connectivity index (χ0) is 18.6. The van der Waals surface area contributed by atoms with Crippen molar-refractivity contribution in [2.24, 2.45) is 0 Å². The van der Waals surface area contributed by atoms with Crippen molar-refractivity contribution in [2.45, 2.75) is 6.92 Å². The van der Waals surface area contributed by atoms with Crippen molar-refractivity contribution in [3.8, 4) is 11.5 Å². The van der Waals surface area contributed by atoms with Gasteiger partial charge in [-0.25, -0.2) is 0 Å². The standard InChI is InChI=1S/C17H17BrN2O4S/c1-4-6-20-16(22)11(15(21)19-17(20)25)7-10-8-12(18)14(23-3)13(9-10)24-5-2/h4,7-9H,1,5-6H2,2-3H3,(H,19,21,25)/b11-7+. The molecule has 0 radical (unpaired) electrons. The van der Waals surface area contributed by atoms with Gasteiger partial charge in [-0.2, -0.15) is 0 Å². The monoisotopic (exact) mass is 424 g/mol. The van der Waals surface area contributed by atoms with Gasteiger partial charge in [-0.1, -0.05) is 6.08 Å². The molecule has 2 rings (SSSR count). The lowest BCUT2D eigenvalue weighted by molar-refractivity contribution is -0.128. The lowest BCUT2D eigenvalue weighted by Gasteiger charge is -2.27. The smallest absolute Gasteiger partial charge is 0.265 e. The fraction of sp³-hybridized carbons (Fsp3) is 0.235. The van der Waals surface area contributed by atoms with Gasteiger partial charge < -0.3 is 9.47 Å². The number of amides is 2. The summed E-state index contributed by atoms with van der Waals surface area (Å²) in [7, 11) is 1.53. The van der Waals surface area contributed by atoms with Crippen LogP contribution in [0.25, 0.3) is 6.08 Å². The Balaban J connectivity index is 2.47. The van der Waals surface area contributed by atoms with Gasteiger partial charge in [-0.3, -0.25) is 19.8 Å². The molecule has 1 heterocycles. The van der Waals surface area contributed by atoms with Gasteiger partial charge in [0.2, 0.25) is 0 Å². The van der Waals surface area contributed by atoms with Gasteiger partial charge in [0, 0.05) is 6.54 Å². The Morgan fingerprint density at radius 2 is 2.12 bits per heavy atom. The number of carbonyl (C=O) groups is 2. The van der Waals surface area contributed by atoms with Gasteiger partial charge in [0.15, 0.2) is 16.6 Å². The Morgan fingerprint density at radius 3 is 2.72 bits per heavy atom. The predicted octanol–water partition coefficient (Wildman–Crippen LogP) is 2.67. The highest BCUT2D eigenvalue weighted by Gasteiger charge is 2.32. The van der Waals surface area contributed by atoms with Crippen LogP contribution in [0.2, 0.25) is 0 Å². The number of nitrogens with one attached hydrogen (secondary N) is 1. The van der Waals surface area contributed by atoms with Crippen molar-refractivity contribution < 1.29 is 19.1 Å². The van der Waals surface area contributed by atoms with E-state index in [9.17, 15) is 9.59 Å². The molecule has 0 saturated carbocycles. The maximum Gasteiger partial charge on any atom is 0.265 e. The summed E-state index contributed by atoms with van der Waals surface area (Å²) in [5, 5.41) is 2.57. The van der Waals surface area contributed by atoms with Gasteiger partial charge in [-0.05, 0) is 58.8 Å². The first-order chi connectivity index (χ1) is 11.9. The number of nitrogens with zero attached hydrogens (tertiary/aromatic N) is 1. The first-order valence-electron chi connectivity index (χ1n) is 7.43.